The van der Waals surface area contributed by atoms with Crippen LogP contribution in [0, 0.1) is 5.92 Å². The zero-order valence-electron chi connectivity index (χ0n) is 15.0. The average molecular weight is 364 g/mol. The summed E-state index contributed by atoms with van der Waals surface area (Å²) in [5, 5.41) is 1.05. The Kier molecular flexibility index (Phi) is 3.91. The van der Waals surface area contributed by atoms with Crippen LogP contribution in [-0.2, 0) is 20.7 Å². The molecule has 0 bridgehead atoms. The van der Waals surface area contributed by atoms with E-state index in [2.05, 4.69) is 21.0 Å². The summed E-state index contributed by atoms with van der Waals surface area (Å²) in [6.45, 7) is 1.78. The van der Waals surface area contributed by atoms with Gasteiger partial charge >= 0.3 is 0 Å². The van der Waals surface area contributed by atoms with Gasteiger partial charge in [-0.3, -0.25) is 9.78 Å². The first kappa shape index (κ1) is 16.4. The Morgan fingerprint density at radius 3 is 3.00 bits per heavy atom. The van der Waals surface area contributed by atoms with Crippen LogP contribution in [0.2, 0.25) is 0 Å². The van der Waals surface area contributed by atoms with E-state index >= 15 is 0 Å². The van der Waals surface area contributed by atoms with E-state index in [0.29, 0.717) is 26.2 Å². The monoisotopic (exact) mass is 364 g/mol. The lowest BCUT2D eigenvalue weighted by Crippen LogP contribution is -2.37. The van der Waals surface area contributed by atoms with Gasteiger partial charge in [-0.15, -0.1) is 0 Å². The molecule has 2 aliphatic rings. The average Bonchev–Trinajstić information content (AvgIpc) is 3.40. The van der Waals surface area contributed by atoms with E-state index in [1.165, 1.54) is 0 Å². The highest BCUT2D eigenvalue weighted by molar-refractivity contribution is 6.01. The number of hydrogen-bond donors (Lipinski definition) is 1. The van der Waals surface area contributed by atoms with Crippen molar-refractivity contribution in [3.63, 3.8) is 0 Å². The first-order valence-electron chi connectivity index (χ1n) is 9.06. The van der Waals surface area contributed by atoms with Gasteiger partial charge in [-0.1, -0.05) is 0 Å². The van der Waals surface area contributed by atoms with Gasteiger partial charge in [-0.05, 0) is 18.2 Å². The van der Waals surface area contributed by atoms with Gasteiger partial charge in [0.15, 0.2) is 0 Å². The largest absolute Gasteiger partial charge is 0.379 e. The summed E-state index contributed by atoms with van der Waals surface area (Å²) in [6, 6.07) is 6.11. The molecule has 5 heterocycles. The molecule has 3 aromatic heterocycles. The van der Waals surface area contributed by atoms with Crippen molar-refractivity contribution >= 4 is 22.6 Å². The molecule has 1 N–H and O–H groups in total. The van der Waals surface area contributed by atoms with Crippen LogP contribution in [0.25, 0.3) is 22.2 Å². The molecule has 5 rings (SSSR count). The fourth-order valence-corrected chi connectivity index (χ4v) is 3.92. The Bertz CT molecular complexity index is 1020. The van der Waals surface area contributed by atoms with Crippen molar-refractivity contribution < 1.29 is 14.3 Å². The van der Waals surface area contributed by atoms with Crippen LogP contribution in [0.1, 0.15) is 5.69 Å². The molecule has 1 saturated heterocycles. The minimum atomic E-state index is 0.0261. The number of hydrogen-bond acceptors (Lipinski definition) is 5. The number of rotatable bonds is 4. The third-order valence-electron chi connectivity index (χ3n) is 5.45. The third-order valence-corrected chi connectivity index (χ3v) is 5.45. The van der Waals surface area contributed by atoms with E-state index in [1.54, 1.807) is 7.11 Å². The van der Waals surface area contributed by atoms with Crippen molar-refractivity contribution in [2.24, 2.45) is 5.92 Å². The molecule has 0 saturated carbocycles. The lowest BCUT2D eigenvalue weighted by atomic mass is 10.0. The van der Waals surface area contributed by atoms with Crippen LogP contribution in [-0.4, -0.2) is 53.8 Å². The number of carbonyl (C=O) groups is 1. The van der Waals surface area contributed by atoms with Crippen LogP contribution >= 0.6 is 0 Å². The summed E-state index contributed by atoms with van der Waals surface area (Å²) < 4.78 is 11.0. The third kappa shape index (κ3) is 2.79. The summed E-state index contributed by atoms with van der Waals surface area (Å²) in [4.78, 5) is 26.5. The van der Waals surface area contributed by atoms with Crippen LogP contribution in [0.3, 0.4) is 0 Å². The van der Waals surface area contributed by atoms with Crippen molar-refractivity contribution in [2.75, 3.05) is 31.8 Å². The predicted molar refractivity (Wildman–Crippen MR) is 100 cm³/mol. The summed E-state index contributed by atoms with van der Waals surface area (Å²) in [5.74, 6) is 0.252. The van der Waals surface area contributed by atoms with Gasteiger partial charge in [0.05, 0.1) is 37.1 Å². The van der Waals surface area contributed by atoms with Gasteiger partial charge in [0.25, 0.3) is 0 Å². The highest BCUT2D eigenvalue weighted by Crippen LogP contribution is 2.33. The van der Waals surface area contributed by atoms with Crippen molar-refractivity contribution in [1.82, 2.24) is 15.0 Å². The number of aromatic nitrogens is 3. The van der Waals surface area contributed by atoms with E-state index in [-0.39, 0.29) is 17.9 Å². The number of pyridine rings is 2. The quantitative estimate of drug-likeness (QED) is 0.767. The predicted octanol–water partition coefficient (Wildman–Crippen LogP) is 2.18. The fraction of sp³-hybridized carbons (Fsp3) is 0.350. The molecule has 0 spiro atoms. The summed E-state index contributed by atoms with van der Waals surface area (Å²) >= 11 is 0. The number of nitrogens with one attached hydrogen (secondary N) is 1. The molecule has 27 heavy (non-hydrogen) atoms. The van der Waals surface area contributed by atoms with E-state index in [9.17, 15) is 4.79 Å². The highest BCUT2D eigenvalue weighted by Gasteiger charge is 2.35. The van der Waals surface area contributed by atoms with E-state index in [4.69, 9.17) is 9.47 Å². The molecule has 2 aliphatic heterocycles. The number of aromatic amines is 1. The number of ether oxygens (including phenoxy) is 2. The Morgan fingerprint density at radius 1 is 1.26 bits per heavy atom. The molecule has 0 unspecified atom stereocenters. The van der Waals surface area contributed by atoms with Crippen molar-refractivity contribution in [3.05, 3.63) is 42.5 Å². The molecule has 2 atom stereocenters. The van der Waals surface area contributed by atoms with E-state index in [1.807, 2.05) is 35.6 Å². The zero-order chi connectivity index (χ0) is 18.4. The summed E-state index contributed by atoms with van der Waals surface area (Å²) in [5.41, 5.74) is 4.50. The number of methoxy groups -OCH3 is 1. The normalized spacial score (nSPS) is 22.0. The molecule has 7 heteroatoms. The number of nitrogens with zero attached hydrogens (tertiary/aromatic N) is 3. The number of amides is 1. The Morgan fingerprint density at radius 2 is 2.11 bits per heavy atom. The van der Waals surface area contributed by atoms with Crippen LogP contribution in [0.4, 0.5) is 5.69 Å². The van der Waals surface area contributed by atoms with Crippen molar-refractivity contribution in [1.29, 1.82) is 0 Å². The molecule has 0 aliphatic carbocycles. The fourth-order valence-electron chi connectivity index (χ4n) is 3.92. The highest BCUT2D eigenvalue weighted by atomic mass is 16.5. The van der Waals surface area contributed by atoms with E-state index < -0.39 is 0 Å². The smallest absolute Gasteiger partial charge is 0.233 e. The topological polar surface area (TPSA) is 80.3 Å². The number of anilines is 1. The lowest BCUT2D eigenvalue weighted by Gasteiger charge is -2.24. The maximum Gasteiger partial charge on any atom is 0.233 e. The molecular weight excluding hydrogens is 344 g/mol. The molecule has 3 aromatic rings. The Hall–Kier alpha value is -2.77. The van der Waals surface area contributed by atoms with E-state index in [0.717, 1.165) is 33.5 Å². The zero-order valence-corrected chi connectivity index (χ0v) is 15.0. The maximum atomic E-state index is 12.6. The van der Waals surface area contributed by atoms with Crippen LogP contribution < -0.4 is 4.90 Å². The van der Waals surface area contributed by atoms with Gasteiger partial charge in [0.1, 0.15) is 5.65 Å². The first-order valence-corrected chi connectivity index (χ1v) is 9.06. The van der Waals surface area contributed by atoms with Gasteiger partial charge < -0.3 is 19.4 Å². The molecule has 0 radical (unpaired) electrons. The molecule has 7 nitrogen and oxygen atoms in total. The van der Waals surface area contributed by atoms with Crippen LogP contribution in [0.5, 0.6) is 0 Å². The standard InChI is InChI=1S/C20H20N4O3/c1-26-18-11-27-10-15(18)9-24-17-5-14(7-22-16(17)6-19(24)25)13-4-12-2-3-21-20(12)23-8-13/h2-5,7-8,15,18H,6,9-11H2,1H3,(H,21,23)/t15-,18-/m1/s1. The molecule has 0 aromatic carbocycles. The number of fused-ring (bicyclic) bond motifs is 2. The van der Waals surface area contributed by atoms with Gasteiger partial charge in [-0.2, -0.15) is 0 Å². The first-order chi connectivity index (χ1) is 13.2. The van der Waals surface area contributed by atoms with Crippen molar-refractivity contribution in [2.45, 2.75) is 12.5 Å². The minimum absolute atomic E-state index is 0.0261. The van der Waals surface area contributed by atoms with Gasteiger partial charge in [0, 0.05) is 54.7 Å². The molecular formula is C20H20N4O3. The second-order valence-corrected chi connectivity index (χ2v) is 7.08. The molecule has 1 fully saturated rings. The van der Waals surface area contributed by atoms with Crippen LogP contribution in [0.15, 0.2) is 36.8 Å². The van der Waals surface area contributed by atoms with Crippen molar-refractivity contribution in [3.8, 4) is 11.1 Å². The second kappa shape index (κ2) is 6.44. The summed E-state index contributed by atoms with van der Waals surface area (Å²) in [6.07, 6.45) is 5.89. The Labute approximate surface area is 156 Å². The summed E-state index contributed by atoms with van der Waals surface area (Å²) in [7, 11) is 1.69. The number of carbonyl (C=O) groups excluding carboxylic acids is 1. The SMILES string of the molecule is CO[C@@H]1COC[C@H]1CN1C(=O)Cc2ncc(-c3cnc4[nH]ccc4c3)cc21. The van der Waals surface area contributed by atoms with Gasteiger partial charge in [0.2, 0.25) is 5.91 Å². The Balaban J connectivity index is 1.48. The maximum absolute atomic E-state index is 12.6. The number of H-pyrrole nitrogens is 1. The minimum Gasteiger partial charge on any atom is -0.379 e. The lowest BCUT2D eigenvalue weighted by molar-refractivity contribution is -0.117. The van der Waals surface area contributed by atoms with Gasteiger partial charge in [-0.25, -0.2) is 4.98 Å². The molecule has 138 valence electrons. The molecule has 1 amide bonds. The second-order valence-electron chi connectivity index (χ2n) is 7.08.